The normalized spacial score (nSPS) is 19.2. The third kappa shape index (κ3) is 2.04. The van der Waals surface area contributed by atoms with Gasteiger partial charge in [-0.25, -0.2) is 12.8 Å². The molecule has 0 aliphatic heterocycles. The number of hydrogen-bond acceptors (Lipinski definition) is 2. The van der Waals surface area contributed by atoms with Gasteiger partial charge in [-0.2, -0.15) is 0 Å². The quantitative estimate of drug-likeness (QED) is 0.921. The molecule has 1 aliphatic carbocycles. The summed E-state index contributed by atoms with van der Waals surface area (Å²) in [6, 6.07) is 2.57. The molecule has 108 valence electrons. The minimum absolute atomic E-state index is 0.0664. The highest BCUT2D eigenvalue weighted by atomic mass is 32.2. The van der Waals surface area contributed by atoms with Gasteiger partial charge in [-0.15, -0.1) is 0 Å². The highest BCUT2D eigenvalue weighted by Gasteiger charge is 2.26. The molecule has 1 aliphatic rings. The number of fused-ring (bicyclic) bond motifs is 3. The summed E-state index contributed by atoms with van der Waals surface area (Å²) in [6.07, 6.45) is 5.20. The molecular weight excluding hydrogens is 277 g/mol. The summed E-state index contributed by atoms with van der Waals surface area (Å²) in [6.45, 7) is 2.13. The third-order valence-corrected chi connectivity index (χ3v) is 5.38. The van der Waals surface area contributed by atoms with Crippen LogP contribution in [0.2, 0.25) is 0 Å². The largest absolute Gasteiger partial charge is 0.357 e. The zero-order chi connectivity index (χ0) is 14.5. The monoisotopic (exact) mass is 295 g/mol. The lowest BCUT2D eigenvalue weighted by Crippen LogP contribution is -2.07. The van der Waals surface area contributed by atoms with Gasteiger partial charge >= 0.3 is 0 Å². The maximum absolute atomic E-state index is 13.8. The average Bonchev–Trinajstić information content (AvgIpc) is 2.75. The topological polar surface area (TPSA) is 49.9 Å². The van der Waals surface area contributed by atoms with Crippen LogP contribution in [0.25, 0.3) is 10.9 Å². The molecule has 0 bridgehead atoms. The van der Waals surface area contributed by atoms with Gasteiger partial charge in [-0.1, -0.05) is 6.92 Å². The number of aromatic amines is 1. The van der Waals surface area contributed by atoms with Crippen molar-refractivity contribution in [1.82, 2.24) is 4.98 Å². The average molecular weight is 295 g/mol. The van der Waals surface area contributed by atoms with Gasteiger partial charge in [0, 0.05) is 17.3 Å². The molecule has 3 rings (SSSR count). The second-order valence-electron chi connectivity index (χ2n) is 5.61. The summed E-state index contributed by atoms with van der Waals surface area (Å²) in [5, 5.41) is 0.735. The van der Waals surface area contributed by atoms with Crippen LogP contribution in [0.3, 0.4) is 0 Å². The van der Waals surface area contributed by atoms with Crippen LogP contribution in [0.15, 0.2) is 17.0 Å². The van der Waals surface area contributed by atoms with Crippen molar-refractivity contribution in [3.8, 4) is 0 Å². The molecular formula is C15H18FNO2S. The molecule has 1 aromatic heterocycles. The second-order valence-corrected chi connectivity index (χ2v) is 7.60. The summed E-state index contributed by atoms with van der Waals surface area (Å²) < 4.78 is 37.5. The number of halogens is 1. The Morgan fingerprint density at radius 1 is 1.40 bits per heavy atom. The van der Waals surface area contributed by atoms with Gasteiger partial charge in [0.25, 0.3) is 0 Å². The van der Waals surface area contributed by atoms with E-state index in [0.717, 1.165) is 54.6 Å². The van der Waals surface area contributed by atoms with E-state index in [4.69, 9.17) is 0 Å². The van der Waals surface area contributed by atoms with E-state index in [-0.39, 0.29) is 4.90 Å². The Labute approximate surface area is 118 Å². The first-order valence-electron chi connectivity index (χ1n) is 6.96. The van der Waals surface area contributed by atoms with E-state index < -0.39 is 15.7 Å². The van der Waals surface area contributed by atoms with Crippen LogP contribution < -0.4 is 0 Å². The number of H-pyrrole nitrogens is 1. The van der Waals surface area contributed by atoms with E-state index in [9.17, 15) is 12.8 Å². The number of nitrogens with one attached hydrogen (secondary N) is 1. The fourth-order valence-electron chi connectivity index (χ4n) is 3.29. The van der Waals surface area contributed by atoms with Crippen molar-refractivity contribution >= 4 is 20.7 Å². The molecule has 0 saturated heterocycles. The molecule has 1 heterocycles. The Balaban J connectivity index is 2.37. The van der Waals surface area contributed by atoms with Crippen LogP contribution in [0, 0.1) is 5.82 Å². The smallest absolute Gasteiger partial charge is 0.177 e. The summed E-state index contributed by atoms with van der Waals surface area (Å²) in [4.78, 5) is 3.34. The van der Waals surface area contributed by atoms with Gasteiger partial charge < -0.3 is 4.98 Å². The van der Waals surface area contributed by atoms with Gasteiger partial charge in [0.15, 0.2) is 9.84 Å². The molecule has 1 N–H and O–H groups in total. The van der Waals surface area contributed by atoms with Crippen LogP contribution in [0.1, 0.15) is 43.4 Å². The molecule has 5 heteroatoms. The molecule has 0 spiro atoms. The van der Waals surface area contributed by atoms with E-state index in [0.29, 0.717) is 11.4 Å². The van der Waals surface area contributed by atoms with Crippen molar-refractivity contribution in [2.24, 2.45) is 0 Å². The van der Waals surface area contributed by atoms with Crippen molar-refractivity contribution in [2.45, 2.75) is 43.4 Å². The van der Waals surface area contributed by atoms with Crippen molar-refractivity contribution in [1.29, 1.82) is 0 Å². The van der Waals surface area contributed by atoms with Crippen LogP contribution in [0.5, 0.6) is 0 Å². The fourth-order valence-corrected chi connectivity index (χ4v) is 4.15. The number of aryl methyl sites for hydroxylation is 1. The number of sulfone groups is 1. The molecule has 0 amide bonds. The van der Waals surface area contributed by atoms with Crippen molar-refractivity contribution in [3.63, 3.8) is 0 Å². The molecule has 1 aromatic carbocycles. The van der Waals surface area contributed by atoms with Crippen LogP contribution in [-0.2, 0) is 16.3 Å². The summed E-state index contributed by atoms with van der Waals surface area (Å²) >= 11 is 0. The van der Waals surface area contributed by atoms with Crippen molar-refractivity contribution < 1.29 is 12.8 Å². The molecule has 2 aromatic rings. The maximum Gasteiger partial charge on any atom is 0.177 e. The van der Waals surface area contributed by atoms with Crippen LogP contribution in [0.4, 0.5) is 4.39 Å². The minimum Gasteiger partial charge on any atom is -0.357 e. The van der Waals surface area contributed by atoms with Crippen molar-refractivity contribution in [3.05, 3.63) is 29.2 Å². The van der Waals surface area contributed by atoms with Gasteiger partial charge in [0.2, 0.25) is 0 Å². The Morgan fingerprint density at radius 2 is 2.15 bits per heavy atom. The summed E-state index contributed by atoms with van der Waals surface area (Å²) in [7, 11) is -3.45. The molecule has 3 nitrogen and oxygen atoms in total. The summed E-state index contributed by atoms with van der Waals surface area (Å²) in [5.74, 6) is -0.0695. The fraction of sp³-hybridized carbons (Fsp3) is 0.467. The van der Waals surface area contributed by atoms with Gasteiger partial charge in [0.05, 0.1) is 10.4 Å². The summed E-state index contributed by atoms with van der Waals surface area (Å²) in [5.41, 5.74) is 2.77. The Bertz CT molecular complexity index is 777. The molecule has 0 saturated carbocycles. The SMILES string of the molecule is CC[C@H]1CCCc2c1[nH]c1c(S(C)(=O)=O)cc(F)cc21. The van der Waals surface area contributed by atoms with Crippen LogP contribution >= 0.6 is 0 Å². The Kier molecular flexibility index (Phi) is 3.12. The molecule has 20 heavy (non-hydrogen) atoms. The number of aromatic nitrogens is 1. The first-order valence-corrected chi connectivity index (χ1v) is 8.85. The lowest BCUT2D eigenvalue weighted by atomic mass is 9.85. The first-order chi connectivity index (χ1) is 9.41. The van der Waals surface area contributed by atoms with Gasteiger partial charge in [-0.3, -0.25) is 0 Å². The van der Waals surface area contributed by atoms with E-state index in [1.54, 1.807) is 0 Å². The number of hydrogen-bond donors (Lipinski definition) is 1. The van der Waals surface area contributed by atoms with E-state index in [1.165, 1.54) is 6.07 Å². The zero-order valence-electron chi connectivity index (χ0n) is 11.7. The standard InChI is InChI=1S/C15H18FNO2S/c1-3-9-5-4-6-11-12-7-10(16)8-13(20(2,18)19)15(12)17-14(9)11/h7-9,17H,3-6H2,1-2H3/t9-/m0/s1. The Morgan fingerprint density at radius 3 is 2.80 bits per heavy atom. The van der Waals surface area contributed by atoms with Gasteiger partial charge in [-0.05, 0) is 49.3 Å². The minimum atomic E-state index is -3.45. The van der Waals surface area contributed by atoms with Crippen LogP contribution in [-0.4, -0.2) is 19.7 Å². The third-order valence-electron chi connectivity index (χ3n) is 4.26. The van der Waals surface area contributed by atoms with E-state index >= 15 is 0 Å². The highest BCUT2D eigenvalue weighted by molar-refractivity contribution is 7.91. The maximum atomic E-state index is 13.8. The zero-order valence-corrected chi connectivity index (χ0v) is 12.5. The first kappa shape index (κ1) is 13.6. The highest BCUT2D eigenvalue weighted by Crippen LogP contribution is 2.39. The van der Waals surface area contributed by atoms with Gasteiger partial charge in [0.1, 0.15) is 5.82 Å². The molecule has 0 radical (unpaired) electrons. The lowest BCUT2D eigenvalue weighted by molar-refractivity contribution is 0.532. The number of benzene rings is 1. The predicted octanol–water partition coefficient (Wildman–Crippen LogP) is 3.54. The Hall–Kier alpha value is -1.36. The number of rotatable bonds is 2. The molecule has 1 atom stereocenters. The second kappa shape index (κ2) is 4.58. The molecule has 0 unspecified atom stereocenters. The predicted molar refractivity (Wildman–Crippen MR) is 77.3 cm³/mol. The van der Waals surface area contributed by atoms with Crippen molar-refractivity contribution in [2.75, 3.05) is 6.26 Å². The van der Waals surface area contributed by atoms with E-state index in [2.05, 4.69) is 11.9 Å². The molecule has 0 fully saturated rings. The lowest BCUT2D eigenvalue weighted by Gasteiger charge is -2.21. The van der Waals surface area contributed by atoms with E-state index in [1.807, 2.05) is 0 Å².